The number of nitrogens with zero attached hydrogens (tertiary/aromatic N) is 2. The summed E-state index contributed by atoms with van der Waals surface area (Å²) in [5.74, 6) is 0.761. The summed E-state index contributed by atoms with van der Waals surface area (Å²) >= 11 is 7.36. The Morgan fingerprint density at radius 1 is 1.50 bits per heavy atom. The minimum Gasteiger partial charge on any atom is -0.368 e. The van der Waals surface area contributed by atoms with E-state index < -0.39 is 5.72 Å². The highest BCUT2D eigenvalue weighted by molar-refractivity contribution is 7.99. The zero-order chi connectivity index (χ0) is 10.5. The van der Waals surface area contributed by atoms with E-state index in [2.05, 4.69) is 4.98 Å². The van der Waals surface area contributed by atoms with Crippen molar-refractivity contribution in [1.82, 2.24) is 9.55 Å². The fourth-order valence-corrected chi connectivity index (χ4v) is 3.32. The number of para-hydroxylation sites is 2. The Hall–Kier alpha value is -0.420. The summed E-state index contributed by atoms with van der Waals surface area (Å²) in [5, 5.41) is 11.2. The van der Waals surface area contributed by atoms with Crippen LogP contribution in [-0.2, 0) is 5.72 Å². The van der Waals surface area contributed by atoms with Crippen molar-refractivity contribution in [2.24, 2.45) is 0 Å². The Labute approximate surface area is 108 Å². The van der Waals surface area contributed by atoms with Crippen LogP contribution >= 0.6 is 35.8 Å². The zero-order valence-corrected chi connectivity index (χ0v) is 10.6. The summed E-state index contributed by atoms with van der Waals surface area (Å²) in [6.07, 6.45) is 0. The molecule has 1 aliphatic rings. The number of alkyl halides is 1. The fraction of sp³-hybridized carbons (Fsp3) is 0.300. The highest BCUT2D eigenvalue weighted by Gasteiger charge is 2.38. The van der Waals surface area contributed by atoms with Gasteiger partial charge in [-0.3, -0.25) is 4.57 Å². The number of aliphatic hydroxyl groups is 1. The van der Waals surface area contributed by atoms with Crippen molar-refractivity contribution in [3.63, 3.8) is 0 Å². The van der Waals surface area contributed by atoms with Crippen LogP contribution in [0.1, 0.15) is 0 Å². The number of rotatable bonds is 1. The molecule has 16 heavy (non-hydrogen) atoms. The van der Waals surface area contributed by atoms with E-state index in [4.69, 9.17) is 11.6 Å². The first kappa shape index (κ1) is 12.0. The lowest BCUT2D eigenvalue weighted by molar-refractivity contribution is 0.0135. The summed E-state index contributed by atoms with van der Waals surface area (Å²) in [5.41, 5.74) is 0.862. The quantitative estimate of drug-likeness (QED) is 0.814. The summed E-state index contributed by atoms with van der Waals surface area (Å²) in [6, 6.07) is 7.77. The molecule has 0 saturated heterocycles. The zero-order valence-electron chi connectivity index (χ0n) is 8.26. The molecule has 1 aliphatic heterocycles. The van der Waals surface area contributed by atoms with Gasteiger partial charge in [-0.1, -0.05) is 23.9 Å². The molecule has 0 fully saturated rings. The van der Waals surface area contributed by atoms with Gasteiger partial charge in [0.1, 0.15) is 0 Å². The molecular weight excluding hydrogens is 267 g/mol. The highest BCUT2D eigenvalue weighted by atomic mass is 35.5. The first-order valence-electron chi connectivity index (χ1n) is 4.64. The van der Waals surface area contributed by atoms with Crippen LogP contribution in [0.4, 0.5) is 0 Å². The van der Waals surface area contributed by atoms with Gasteiger partial charge >= 0.3 is 0 Å². The van der Waals surface area contributed by atoms with Crippen molar-refractivity contribution in [2.45, 2.75) is 10.9 Å². The lowest BCUT2D eigenvalue weighted by atomic mass is 10.2. The van der Waals surface area contributed by atoms with Crippen LogP contribution in [0.15, 0.2) is 29.4 Å². The number of aromatic nitrogens is 2. The van der Waals surface area contributed by atoms with Gasteiger partial charge < -0.3 is 5.11 Å². The lowest BCUT2D eigenvalue weighted by Gasteiger charge is -2.21. The number of benzene rings is 1. The molecule has 2 heterocycles. The molecule has 3 nitrogen and oxygen atoms in total. The summed E-state index contributed by atoms with van der Waals surface area (Å²) < 4.78 is 1.83. The van der Waals surface area contributed by atoms with Crippen LogP contribution in [0.25, 0.3) is 11.0 Å². The van der Waals surface area contributed by atoms with Crippen molar-refractivity contribution in [3.05, 3.63) is 24.3 Å². The van der Waals surface area contributed by atoms with E-state index in [1.54, 1.807) is 11.8 Å². The maximum absolute atomic E-state index is 10.3. The van der Waals surface area contributed by atoms with Gasteiger partial charge in [0.15, 0.2) is 10.9 Å². The lowest BCUT2D eigenvalue weighted by Crippen LogP contribution is -2.34. The maximum atomic E-state index is 10.3. The van der Waals surface area contributed by atoms with E-state index in [0.717, 1.165) is 16.2 Å². The first-order chi connectivity index (χ1) is 7.24. The van der Waals surface area contributed by atoms with Crippen LogP contribution < -0.4 is 0 Å². The van der Waals surface area contributed by atoms with Crippen molar-refractivity contribution in [1.29, 1.82) is 0 Å². The standard InChI is InChI=1S/C10H9ClN2OS.ClH/c11-5-10(14)6-15-9-12-7-3-1-2-4-8(7)13(9)10;/h1-4,14H,5-6H2;1H. The van der Waals surface area contributed by atoms with Gasteiger partial charge in [-0.15, -0.1) is 24.0 Å². The Bertz CT molecular complexity index is 531. The van der Waals surface area contributed by atoms with Crippen molar-refractivity contribution in [3.8, 4) is 0 Å². The summed E-state index contributed by atoms with van der Waals surface area (Å²) in [6.45, 7) is 0. The molecule has 0 saturated carbocycles. The summed E-state index contributed by atoms with van der Waals surface area (Å²) in [7, 11) is 0. The van der Waals surface area contributed by atoms with Crippen LogP contribution in [0.5, 0.6) is 0 Å². The Kier molecular flexibility index (Phi) is 3.09. The van der Waals surface area contributed by atoms with Crippen LogP contribution in [0, 0.1) is 0 Å². The van der Waals surface area contributed by atoms with E-state index in [1.165, 1.54) is 0 Å². The van der Waals surface area contributed by atoms with Gasteiger partial charge in [-0.05, 0) is 12.1 Å². The largest absolute Gasteiger partial charge is 0.368 e. The average Bonchev–Trinajstić information content (AvgIpc) is 2.78. The Morgan fingerprint density at radius 2 is 2.25 bits per heavy atom. The predicted octanol–water partition coefficient (Wildman–Crippen LogP) is 2.45. The van der Waals surface area contributed by atoms with Gasteiger partial charge in [-0.2, -0.15) is 0 Å². The first-order valence-corrected chi connectivity index (χ1v) is 6.16. The minimum absolute atomic E-state index is 0. The molecule has 1 aromatic heterocycles. The molecule has 2 aromatic rings. The number of fused-ring (bicyclic) bond motifs is 3. The second-order valence-electron chi connectivity index (χ2n) is 3.62. The topological polar surface area (TPSA) is 38.1 Å². The smallest absolute Gasteiger partial charge is 0.171 e. The van der Waals surface area contributed by atoms with E-state index >= 15 is 0 Å². The average molecular weight is 277 g/mol. The number of hydrogen-bond donors (Lipinski definition) is 1. The van der Waals surface area contributed by atoms with Crippen LogP contribution in [0.3, 0.4) is 0 Å². The SMILES string of the molecule is Cl.OC1(CCl)CSc2nc3ccccc3n21. The molecule has 1 N–H and O–H groups in total. The van der Waals surface area contributed by atoms with E-state index in [9.17, 15) is 5.11 Å². The predicted molar refractivity (Wildman–Crippen MR) is 68.6 cm³/mol. The molecule has 1 unspecified atom stereocenters. The van der Waals surface area contributed by atoms with E-state index in [0.29, 0.717) is 5.75 Å². The molecule has 1 aromatic carbocycles. The maximum Gasteiger partial charge on any atom is 0.171 e. The third kappa shape index (κ3) is 1.52. The normalized spacial score (nSPS) is 23.1. The van der Waals surface area contributed by atoms with Crippen LogP contribution in [-0.4, -0.2) is 26.3 Å². The molecule has 6 heteroatoms. The van der Waals surface area contributed by atoms with Crippen LogP contribution in [0.2, 0.25) is 0 Å². The highest BCUT2D eigenvalue weighted by Crippen LogP contribution is 2.39. The van der Waals surface area contributed by atoms with Crippen molar-refractivity contribution < 1.29 is 5.11 Å². The number of hydrogen-bond acceptors (Lipinski definition) is 3. The third-order valence-corrected chi connectivity index (χ3v) is 4.16. The molecule has 0 bridgehead atoms. The fourth-order valence-electron chi connectivity index (χ4n) is 1.85. The number of halogens is 2. The molecule has 1 atom stereocenters. The van der Waals surface area contributed by atoms with E-state index in [-0.39, 0.29) is 18.3 Å². The van der Waals surface area contributed by atoms with Gasteiger partial charge in [0.05, 0.1) is 22.7 Å². The molecule has 3 rings (SSSR count). The van der Waals surface area contributed by atoms with Crippen molar-refractivity contribution >= 4 is 46.8 Å². The second kappa shape index (κ2) is 4.11. The van der Waals surface area contributed by atoms with Gasteiger partial charge in [-0.25, -0.2) is 4.98 Å². The molecule has 0 radical (unpaired) electrons. The monoisotopic (exact) mass is 276 g/mol. The van der Waals surface area contributed by atoms with Gasteiger partial charge in [0.2, 0.25) is 0 Å². The third-order valence-electron chi connectivity index (χ3n) is 2.59. The minimum atomic E-state index is -0.988. The number of imidazole rings is 1. The molecule has 0 aliphatic carbocycles. The Morgan fingerprint density at radius 3 is 3.00 bits per heavy atom. The number of thioether (sulfide) groups is 1. The Balaban J connectivity index is 0.000000963. The van der Waals surface area contributed by atoms with Gasteiger partial charge in [0.25, 0.3) is 0 Å². The summed E-state index contributed by atoms with van der Waals surface area (Å²) in [4.78, 5) is 4.44. The van der Waals surface area contributed by atoms with E-state index in [1.807, 2.05) is 28.8 Å². The second-order valence-corrected chi connectivity index (χ2v) is 4.83. The molecular formula is C10H10Cl2N2OS. The molecule has 86 valence electrons. The van der Waals surface area contributed by atoms with Gasteiger partial charge in [0, 0.05) is 0 Å². The van der Waals surface area contributed by atoms with Crippen molar-refractivity contribution in [2.75, 3.05) is 11.6 Å². The molecule has 0 spiro atoms. The molecule has 0 amide bonds.